The van der Waals surface area contributed by atoms with Gasteiger partial charge in [-0.1, -0.05) is 12.1 Å². The molecule has 2 aromatic carbocycles. The molecule has 0 aliphatic rings. The van der Waals surface area contributed by atoms with E-state index in [1.165, 1.54) is 32.4 Å². The Morgan fingerprint density at radius 3 is 2.50 bits per heavy atom. The Kier molecular flexibility index (Phi) is 9.20. The van der Waals surface area contributed by atoms with Crippen LogP contribution in [-0.2, 0) is 9.59 Å². The molecule has 0 heterocycles. The van der Waals surface area contributed by atoms with Gasteiger partial charge < -0.3 is 25.8 Å². The summed E-state index contributed by atoms with van der Waals surface area (Å²) in [6.07, 6.45) is 0. The Labute approximate surface area is 168 Å². The summed E-state index contributed by atoms with van der Waals surface area (Å²) in [4.78, 5) is 23.6. The van der Waals surface area contributed by atoms with Crippen molar-refractivity contribution >= 4 is 24.2 Å². The Balaban J connectivity index is 0.00000392. The fourth-order valence-electron chi connectivity index (χ4n) is 2.56. The second kappa shape index (κ2) is 11.1. The molecule has 0 radical (unpaired) electrons. The molecule has 0 spiro atoms. The fourth-order valence-corrected chi connectivity index (χ4v) is 2.56. The van der Waals surface area contributed by atoms with Crippen molar-refractivity contribution in [2.75, 3.05) is 27.3 Å². The smallest absolute Gasteiger partial charge is 0.240 e. The molecule has 0 aliphatic heterocycles. The number of methoxy groups -OCH3 is 2. The van der Waals surface area contributed by atoms with Crippen molar-refractivity contribution in [2.45, 2.75) is 6.04 Å². The van der Waals surface area contributed by atoms with Gasteiger partial charge in [0.15, 0.2) is 0 Å². The van der Waals surface area contributed by atoms with Gasteiger partial charge in [0.1, 0.15) is 17.3 Å². The predicted octanol–water partition coefficient (Wildman–Crippen LogP) is 1.55. The first-order valence-corrected chi connectivity index (χ1v) is 8.22. The number of carbonyl (C=O) groups is 2. The lowest BCUT2D eigenvalue weighted by Gasteiger charge is -2.22. The lowest BCUT2D eigenvalue weighted by atomic mass is 9.97. The van der Waals surface area contributed by atoms with Gasteiger partial charge in [0.05, 0.1) is 33.4 Å². The monoisotopic (exact) mass is 411 g/mol. The van der Waals surface area contributed by atoms with E-state index in [2.05, 4.69) is 10.6 Å². The third-order valence-electron chi connectivity index (χ3n) is 3.87. The summed E-state index contributed by atoms with van der Waals surface area (Å²) < 4.78 is 24.4. The van der Waals surface area contributed by atoms with Gasteiger partial charge in [-0.05, 0) is 35.9 Å². The molecule has 2 aromatic rings. The van der Waals surface area contributed by atoms with Crippen molar-refractivity contribution < 1.29 is 23.5 Å². The van der Waals surface area contributed by atoms with E-state index in [0.29, 0.717) is 22.6 Å². The van der Waals surface area contributed by atoms with E-state index < -0.39 is 23.7 Å². The summed E-state index contributed by atoms with van der Waals surface area (Å²) in [6.45, 7) is -0.474. The van der Waals surface area contributed by atoms with Crippen molar-refractivity contribution in [3.63, 3.8) is 0 Å². The highest BCUT2D eigenvalue weighted by molar-refractivity contribution is 5.86. The van der Waals surface area contributed by atoms with E-state index in [0.717, 1.165) is 0 Å². The molecule has 9 heteroatoms. The Morgan fingerprint density at radius 1 is 1.11 bits per heavy atom. The van der Waals surface area contributed by atoms with Crippen molar-refractivity contribution in [1.29, 1.82) is 0 Å². The number of rotatable bonds is 8. The van der Waals surface area contributed by atoms with Crippen LogP contribution in [0.25, 0.3) is 0 Å². The Morgan fingerprint density at radius 2 is 1.86 bits per heavy atom. The van der Waals surface area contributed by atoms with Crippen LogP contribution in [0.2, 0.25) is 0 Å². The van der Waals surface area contributed by atoms with Crippen LogP contribution in [0.4, 0.5) is 4.39 Å². The average Bonchev–Trinajstić information content (AvgIpc) is 2.70. The van der Waals surface area contributed by atoms with Crippen molar-refractivity contribution in [3.05, 3.63) is 59.4 Å². The molecule has 0 aliphatic carbocycles. The number of hydrogen-bond donors (Lipinski definition) is 3. The number of amides is 2. The maximum atomic E-state index is 13.9. The van der Waals surface area contributed by atoms with Crippen molar-refractivity contribution in [1.82, 2.24) is 10.6 Å². The molecule has 1 unspecified atom stereocenters. The summed E-state index contributed by atoms with van der Waals surface area (Å²) in [6, 6.07) is 10.4. The summed E-state index contributed by atoms with van der Waals surface area (Å²) in [5.41, 5.74) is 6.31. The Hall–Kier alpha value is -2.84. The summed E-state index contributed by atoms with van der Waals surface area (Å²) in [5, 5.41) is 5.18. The second-order valence-electron chi connectivity index (χ2n) is 5.64. The maximum Gasteiger partial charge on any atom is 0.240 e. The van der Waals surface area contributed by atoms with Crippen LogP contribution in [0.3, 0.4) is 0 Å². The van der Waals surface area contributed by atoms with Gasteiger partial charge >= 0.3 is 0 Å². The van der Waals surface area contributed by atoms with Gasteiger partial charge in [-0.15, -0.1) is 12.4 Å². The van der Waals surface area contributed by atoms with Crippen molar-refractivity contribution in [3.8, 4) is 11.5 Å². The summed E-state index contributed by atoms with van der Waals surface area (Å²) in [5.74, 6) is -0.388. The lowest BCUT2D eigenvalue weighted by Crippen LogP contribution is -2.41. The van der Waals surface area contributed by atoms with Crippen LogP contribution in [0.5, 0.6) is 11.5 Å². The molecule has 7 nitrogen and oxygen atoms in total. The zero-order chi connectivity index (χ0) is 19.8. The highest BCUT2D eigenvalue weighted by atomic mass is 35.5. The Bertz CT molecular complexity index is 820. The van der Waals surface area contributed by atoms with Gasteiger partial charge in [0.2, 0.25) is 11.8 Å². The first-order valence-electron chi connectivity index (χ1n) is 8.22. The third kappa shape index (κ3) is 6.11. The topological polar surface area (TPSA) is 103 Å². The minimum absolute atomic E-state index is 0. The second-order valence-corrected chi connectivity index (χ2v) is 5.64. The minimum atomic E-state index is -0.715. The molecule has 2 rings (SSSR count). The first kappa shape index (κ1) is 23.2. The molecule has 4 N–H and O–H groups in total. The van der Waals surface area contributed by atoms with Crippen LogP contribution in [0.1, 0.15) is 17.2 Å². The maximum absolute atomic E-state index is 13.9. The molecule has 0 saturated heterocycles. The number of halogens is 2. The van der Waals surface area contributed by atoms with Crippen LogP contribution in [-0.4, -0.2) is 39.1 Å². The van der Waals surface area contributed by atoms with Gasteiger partial charge in [-0.3, -0.25) is 9.59 Å². The van der Waals surface area contributed by atoms with Crippen LogP contribution >= 0.6 is 12.4 Å². The zero-order valence-corrected chi connectivity index (χ0v) is 16.3. The van der Waals surface area contributed by atoms with Crippen molar-refractivity contribution in [2.24, 2.45) is 5.73 Å². The van der Waals surface area contributed by atoms with Gasteiger partial charge in [-0.25, -0.2) is 4.39 Å². The highest BCUT2D eigenvalue weighted by Gasteiger charge is 2.22. The van der Waals surface area contributed by atoms with E-state index in [1.807, 2.05) is 0 Å². The average molecular weight is 412 g/mol. The largest absolute Gasteiger partial charge is 0.497 e. The molecule has 0 fully saturated rings. The van der Waals surface area contributed by atoms with E-state index in [4.69, 9.17) is 15.2 Å². The number of hydrogen-bond acceptors (Lipinski definition) is 5. The number of benzene rings is 2. The molecular weight excluding hydrogens is 389 g/mol. The van der Waals surface area contributed by atoms with Gasteiger partial charge in [0.25, 0.3) is 0 Å². The molecule has 1 atom stereocenters. The van der Waals surface area contributed by atoms with E-state index in [1.54, 1.807) is 24.3 Å². The van der Waals surface area contributed by atoms with Crippen LogP contribution < -0.4 is 25.8 Å². The zero-order valence-electron chi connectivity index (χ0n) is 15.5. The number of nitrogens with one attached hydrogen (secondary N) is 2. The molecule has 28 heavy (non-hydrogen) atoms. The summed E-state index contributed by atoms with van der Waals surface area (Å²) in [7, 11) is 2.99. The minimum Gasteiger partial charge on any atom is -0.497 e. The van der Waals surface area contributed by atoms with Gasteiger partial charge in [0, 0.05) is 5.56 Å². The summed E-state index contributed by atoms with van der Waals surface area (Å²) >= 11 is 0. The normalized spacial score (nSPS) is 11.0. The molecule has 2 amide bonds. The molecule has 152 valence electrons. The quantitative estimate of drug-likeness (QED) is 0.611. The molecular formula is C19H23ClFN3O4. The SMILES string of the molecule is COc1cccc(C(NC(=O)CNC(=O)CN)c2cc(F)ccc2OC)c1.Cl. The van der Waals surface area contributed by atoms with E-state index in [9.17, 15) is 14.0 Å². The van der Waals surface area contributed by atoms with E-state index >= 15 is 0 Å². The van der Waals surface area contributed by atoms with E-state index in [-0.39, 0.29) is 25.5 Å². The molecule has 0 saturated carbocycles. The number of ether oxygens (including phenoxy) is 2. The standard InChI is InChI=1S/C19H22FN3O4.ClH/c1-26-14-5-3-4-12(8-14)19(23-18(25)11-22-17(24)10-21)15-9-13(20)6-7-16(15)27-2;/h3-9,19H,10-11,21H2,1-2H3,(H,22,24)(H,23,25);1H. The van der Waals surface area contributed by atoms with Crippen LogP contribution in [0.15, 0.2) is 42.5 Å². The van der Waals surface area contributed by atoms with Gasteiger partial charge in [-0.2, -0.15) is 0 Å². The lowest BCUT2D eigenvalue weighted by molar-refractivity contribution is -0.125. The first-order chi connectivity index (χ1) is 13.0. The third-order valence-corrected chi connectivity index (χ3v) is 3.87. The number of nitrogens with two attached hydrogens (primary N) is 1. The molecule has 0 bridgehead atoms. The number of carbonyl (C=O) groups excluding carboxylic acids is 2. The fraction of sp³-hybridized carbons (Fsp3) is 0.263. The molecule has 0 aromatic heterocycles. The predicted molar refractivity (Wildman–Crippen MR) is 105 cm³/mol. The van der Waals surface area contributed by atoms with Crippen LogP contribution in [0, 0.1) is 5.82 Å². The highest BCUT2D eigenvalue weighted by Crippen LogP contribution is 2.32.